The SMILES string of the molecule is CCOC(=O)C1=CC(N/C(=N\C(=O)OC(C)(C)C)NC(=O)OC(C)(C)C)C(NC(C)=O)C(C(O)C2COC(C)(C)O2)O1. The van der Waals surface area contributed by atoms with Gasteiger partial charge in [-0.05, 0) is 68.4 Å². The predicted octanol–water partition coefficient (Wildman–Crippen LogP) is 1.62. The fourth-order valence-electron chi connectivity index (χ4n) is 3.99. The first kappa shape index (κ1) is 34.8. The fourth-order valence-corrected chi connectivity index (χ4v) is 3.99. The number of aliphatic imine (C=N–C) groups is 1. The van der Waals surface area contributed by atoms with Crippen LogP contribution in [-0.2, 0) is 38.0 Å². The Morgan fingerprint density at radius 1 is 1.10 bits per heavy atom. The number of guanidine groups is 1. The van der Waals surface area contributed by atoms with E-state index in [9.17, 15) is 24.3 Å². The molecular weight excluding hydrogens is 556 g/mol. The van der Waals surface area contributed by atoms with Crippen LogP contribution >= 0.6 is 0 Å². The molecule has 2 aliphatic heterocycles. The van der Waals surface area contributed by atoms with Gasteiger partial charge in [0.25, 0.3) is 0 Å². The smallest absolute Gasteiger partial charge is 0.437 e. The molecule has 0 aliphatic carbocycles. The fraction of sp³-hybridized carbons (Fsp3) is 0.741. The maximum Gasteiger partial charge on any atom is 0.437 e. The number of rotatable bonds is 6. The van der Waals surface area contributed by atoms with Gasteiger partial charge in [-0.15, -0.1) is 4.99 Å². The molecule has 15 heteroatoms. The largest absolute Gasteiger partial charge is 0.478 e. The second-order valence-corrected chi connectivity index (χ2v) is 12.2. The lowest BCUT2D eigenvalue weighted by Gasteiger charge is -2.40. The molecule has 4 N–H and O–H groups in total. The summed E-state index contributed by atoms with van der Waals surface area (Å²) >= 11 is 0. The van der Waals surface area contributed by atoms with Crippen molar-refractivity contribution < 1.29 is 52.7 Å². The highest BCUT2D eigenvalue weighted by Crippen LogP contribution is 2.30. The van der Waals surface area contributed by atoms with E-state index in [1.807, 2.05) is 0 Å². The number of ether oxygens (including phenoxy) is 6. The maximum atomic E-state index is 12.8. The van der Waals surface area contributed by atoms with Crippen molar-refractivity contribution in [2.45, 2.75) is 117 Å². The molecule has 42 heavy (non-hydrogen) atoms. The molecule has 0 saturated carbocycles. The summed E-state index contributed by atoms with van der Waals surface area (Å²) in [5.74, 6) is -3.07. The molecule has 0 radical (unpaired) electrons. The monoisotopic (exact) mass is 600 g/mol. The van der Waals surface area contributed by atoms with Gasteiger partial charge < -0.3 is 44.2 Å². The molecule has 0 bridgehead atoms. The Bertz CT molecular complexity index is 1070. The van der Waals surface area contributed by atoms with Crippen LogP contribution in [0.25, 0.3) is 0 Å². The van der Waals surface area contributed by atoms with Crippen LogP contribution in [0.1, 0.15) is 69.2 Å². The number of carbonyl (C=O) groups is 4. The molecule has 5 unspecified atom stereocenters. The van der Waals surface area contributed by atoms with Gasteiger partial charge in [-0.2, -0.15) is 0 Å². The van der Waals surface area contributed by atoms with Gasteiger partial charge in [-0.3, -0.25) is 10.1 Å². The van der Waals surface area contributed by atoms with Crippen LogP contribution in [0.5, 0.6) is 0 Å². The lowest BCUT2D eigenvalue weighted by molar-refractivity contribution is -0.170. The zero-order valence-corrected chi connectivity index (χ0v) is 25.9. The van der Waals surface area contributed by atoms with E-state index in [1.54, 1.807) is 62.3 Å². The molecule has 0 aromatic rings. The van der Waals surface area contributed by atoms with Gasteiger partial charge in [-0.25, -0.2) is 14.4 Å². The van der Waals surface area contributed by atoms with E-state index in [1.165, 1.54) is 13.0 Å². The second-order valence-electron chi connectivity index (χ2n) is 12.2. The van der Waals surface area contributed by atoms with E-state index in [0.29, 0.717) is 0 Å². The molecule has 2 rings (SSSR count). The first-order valence-corrected chi connectivity index (χ1v) is 13.6. The van der Waals surface area contributed by atoms with Gasteiger partial charge >= 0.3 is 18.2 Å². The summed E-state index contributed by atoms with van der Waals surface area (Å²) in [4.78, 5) is 54.1. The highest BCUT2D eigenvalue weighted by atomic mass is 16.7. The molecule has 1 fully saturated rings. The van der Waals surface area contributed by atoms with Crippen molar-refractivity contribution in [1.82, 2.24) is 16.0 Å². The van der Waals surface area contributed by atoms with Gasteiger partial charge in [0.1, 0.15) is 29.5 Å². The van der Waals surface area contributed by atoms with Crippen molar-refractivity contribution in [1.29, 1.82) is 0 Å². The number of esters is 1. The van der Waals surface area contributed by atoms with E-state index in [4.69, 9.17) is 28.4 Å². The summed E-state index contributed by atoms with van der Waals surface area (Å²) in [7, 11) is 0. The Labute approximate surface area is 245 Å². The maximum absolute atomic E-state index is 12.8. The Balaban J connectivity index is 2.54. The van der Waals surface area contributed by atoms with E-state index < -0.39 is 77.4 Å². The van der Waals surface area contributed by atoms with Crippen LogP contribution < -0.4 is 16.0 Å². The van der Waals surface area contributed by atoms with Gasteiger partial charge in [0, 0.05) is 6.92 Å². The van der Waals surface area contributed by atoms with E-state index in [-0.39, 0.29) is 19.0 Å². The van der Waals surface area contributed by atoms with Gasteiger partial charge in [-0.1, -0.05) is 0 Å². The topological polar surface area (TPSA) is 192 Å². The van der Waals surface area contributed by atoms with Crippen LogP contribution in [0.3, 0.4) is 0 Å². The number of aliphatic hydroxyl groups excluding tert-OH is 1. The van der Waals surface area contributed by atoms with Crippen LogP contribution in [-0.4, -0.2) is 95.7 Å². The first-order chi connectivity index (χ1) is 19.2. The highest BCUT2D eigenvalue weighted by molar-refractivity contribution is 5.99. The number of nitrogens with one attached hydrogen (secondary N) is 3. The molecule has 5 atom stereocenters. The quantitative estimate of drug-likeness (QED) is 0.149. The zero-order valence-electron chi connectivity index (χ0n) is 25.9. The summed E-state index contributed by atoms with van der Waals surface area (Å²) < 4.78 is 32.9. The van der Waals surface area contributed by atoms with Crippen LogP contribution in [0.2, 0.25) is 0 Å². The Hall–Kier alpha value is -3.43. The van der Waals surface area contributed by atoms with Crippen molar-refractivity contribution >= 4 is 30.0 Å². The minimum absolute atomic E-state index is 0.00290. The summed E-state index contributed by atoms with van der Waals surface area (Å²) in [5.41, 5.74) is -1.79. The van der Waals surface area contributed by atoms with Gasteiger partial charge in [0.05, 0.1) is 25.3 Å². The lowest BCUT2D eigenvalue weighted by Crippen LogP contribution is -2.64. The van der Waals surface area contributed by atoms with Crippen LogP contribution in [0, 0.1) is 0 Å². The number of amides is 3. The number of aliphatic hydroxyl groups is 1. The summed E-state index contributed by atoms with van der Waals surface area (Å²) in [5, 5.41) is 19.2. The molecule has 0 spiro atoms. The Morgan fingerprint density at radius 3 is 2.21 bits per heavy atom. The second kappa shape index (κ2) is 13.7. The average Bonchev–Trinajstić information content (AvgIpc) is 3.16. The summed E-state index contributed by atoms with van der Waals surface area (Å²) in [6.45, 7) is 16.1. The summed E-state index contributed by atoms with van der Waals surface area (Å²) in [6.07, 6.45) is -4.32. The third-order valence-electron chi connectivity index (χ3n) is 5.45. The number of alkyl carbamates (subject to hydrolysis) is 1. The van der Waals surface area contributed by atoms with Crippen molar-refractivity contribution in [2.75, 3.05) is 13.2 Å². The third-order valence-corrected chi connectivity index (χ3v) is 5.45. The molecule has 0 aromatic carbocycles. The van der Waals surface area contributed by atoms with E-state index in [2.05, 4.69) is 20.9 Å². The Morgan fingerprint density at radius 2 is 1.71 bits per heavy atom. The predicted molar refractivity (Wildman–Crippen MR) is 148 cm³/mol. The molecule has 1 saturated heterocycles. The zero-order chi connectivity index (χ0) is 32.0. The van der Waals surface area contributed by atoms with Crippen molar-refractivity contribution in [2.24, 2.45) is 4.99 Å². The molecule has 238 valence electrons. The molecule has 15 nitrogen and oxygen atoms in total. The Kier molecular flexibility index (Phi) is 11.3. The first-order valence-electron chi connectivity index (χ1n) is 13.6. The van der Waals surface area contributed by atoms with Crippen molar-refractivity contribution in [3.63, 3.8) is 0 Å². The molecular formula is C27H44N4O11. The van der Waals surface area contributed by atoms with Crippen molar-refractivity contribution in [3.05, 3.63) is 11.8 Å². The van der Waals surface area contributed by atoms with Crippen molar-refractivity contribution in [3.8, 4) is 0 Å². The number of carbonyl (C=O) groups excluding carboxylic acids is 4. The van der Waals surface area contributed by atoms with Gasteiger partial charge in [0.15, 0.2) is 5.79 Å². The molecule has 2 aliphatic rings. The number of hydrogen-bond donors (Lipinski definition) is 4. The van der Waals surface area contributed by atoms with Gasteiger partial charge in [0.2, 0.25) is 17.6 Å². The molecule has 0 aromatic heterocycles. The molecule has 2 heterocycles. The minimum Gasteiger partial charge on any atom is -0.478 e. The third kappa shape index (κ3) is 11.1. The standard InChI is InChI=1S/C27H44N4O11/c1-11-37-21(34)16-12-15(18(28-14(2)32)20(39-16)19(33)17-13-38-27(9,10)40-17)29-22(30-23(35)41-25(3,4)5)31-24(36)42-26(6,7)8/h12,15,17-20,33H,11,13H2,1-10H3,(H,28,32)(H2,29,30,31,35,36). The minimum atomic E-state index is -1.42. The highest BCUT2D eigenvalue weighted by Gasteiger charge is 2.48. The van der Waals surface area contributed by atoms with E-state index >= 15 is 0 Å². The molecule has 3 amide bonds. The number of nitrogens with zero attached hydrogens (tertiary/aromatic N) is 1. The van der Waals surface area contributed by atoms with E-state index in [0.717, 1.165) is 0 Å². The lowest BCUT2D eigenvalue weighted by atomic mass is 9.92. The van der Waals surface area contributed by atoms with Crippen LogP contribution in [0.4, 0.5) is 9.59 Å². The van der Waals surface area contributed by atoms with Crippen LogP contribution in [0.15, 0.2) is 16.8 Å². The normalized spacial score (nSPS) is 24.8. The number of hydrogen-bond acceptors (Lipinski definition) is 11. The summed E-state index contributed by atoms with van der Waals surface area (Å²) in [6, 6.07) is -2.19. The average molecular weight is 601 g/mol.